The van der Waals surface area contributed by atoms with Crippen LogP contribution >= 0.6 is 0 Å². The Bertz CT molecular complexity index is 808. The number of nitrogens with zero attached hydrogens (tertiary/aromatic N) is 2. The third-order valence-electron chi connectivity index (χ3n) is 5.85. The second-order valence-electron chi connectivity index (χ2n) is 7.38. The minimum atomic E-state index is 0.101. The van der Waals surface area contributed by atoms with Crippen molar-refractivity contribution >= 4 is 0 Å². The first-order chi connectivity index (χ1) is 12.6. The first-order valence-electron chi connectivity index (χ1n) is 9.28. The van der Waals surface area contributed by atoms with Crippen molar-refractivity contribution in [3.8, 4) is 11.5 Å². The molecule has 138 valence electrons. The maximum Gasteiger partial charge on any atom is 0.161 e. The molecule has 3 atom stereocenters. The van der Waals surface area contributed by atoms with Crippen molar-refractivity contribution in [1.82, 2.24) is 9.88 Å². The van der Waals surface area contributed by atoms with Gasteiger partial charge >= 0.3 is 0 Å². The van der Waals surface area contributed by atoms with Crippen LogP contribution in [-0.4, -0.2) is 43.2 Å². The molecule has 0 unspecified atom stereocenters. The molecule has 5 heteroatoms. The fourth-order valence-corrected chi connectivity index (χ4v) is 4.47. The topological polar surface area (TPSA) is 60.6 Å². The standard InChI is InChI=1S/C21H27N3O2/c1-13-5-4-6-18(23-13)16-12-24-8-7-14-9-20(25-2)21(26-3)10-15(14)19(24)11-17(16)22/h4-6,9-10,16-17,19H,7-8,11-12,22H2,1-3H3/t16-,17+,19-/m0/s1. The van der Waals surface area contributed by atoms with E-state index in [1.54, 1.807) is 14.2 Å². The number of aryl methyl sites for hydroxylation is 1. The molecule has 0 spiro atoms. The Morgan fingerprint density at radius 3 is 2.65 bits per heavy atom. The summed E-state index contributed by atoms with van der Waals surface area (Å²) in [6.07, 6.45) is 1.96. The summed E-state index contributed by atoms with van der Waals surface area (Å²) in [4.78, 5) is 7.30. The SMILES string of the molecule is COc1cc2c(cc1OC)[C@@H]1C[C@@H](N)[C@@H](c3cccc(C)n3)CN1CC2. The summed E-state index contributed by atoms with van der Waals surface area (Å²) >= 11 is 0. The molecule has 2 aliphatic heterocycles. The number of hydrogen-bond acceptors (Lipinski definition) is 5. The predicted octanol–water partition coefficient (Wildman–Crippen LogP) is 2.82. The van der Waals surface area contributed by atoms with Crippen LogP contribution in [0.5, 0.6) is 11.5 Å². The van der Waals surface area contributed by atoms with Crippen molar-refractivity contribution in [2.24, 2.45) is 5.73 Å². The molecule has 2 aliphatic rings. The van der Waals surface area contributed by atoms with E-state index in [9.17, 15) is 0 Å². The van der Waals surface area contributed by atoms with E-state index in [1.165, 1.54) is 11.1 Å². The molecule has 2 N–H and O–H groups in total. The van der Waals surface area contributed by atoms with Crippen LogP contribution in [0.15, 0.2) is 30.3 Å². The van der Waals surface area contributed by atoms with Gasteiger partial charge in [0.05, 0.1) is 14.2 Å². The van der Waals surface area contributed by atoms with Crippen LogP contribution in [-0.2, 0) is 6.42 Å². The smallest absolute Gasteiger partial charge is 0.161 e. The maximum absolute atomic E-state index is 6.63. The highest BCUT2D eigenvalue weighted by Gasteiger charge is 2.39. The summed E-state index contributed by atoms with van der Waals surface area (Å²) in [7, 11) is 3.38. The zero-order chi connectivity index (χ0) is 18.3. The summed E-state index contributed by atoms with van der Waals surface area (Å²) in [6, 6.07) is 11.0. The molecule has 5 nitrogen and oxygen atoms in total. The van der Waals surface area contributed by atoms with Crippen molar-refractivity contribution in [3.05, 3.63) is 52.8 Å². The average Bonchev–Trinajstić information content (AvgIpc) is 2.66. The van der Waals surface area contributed by atoms with Gasteiger partial charge in [0.1, 0.15) is 0 Å². The van der Waals surface area contributed by atoms with Gasteiger partial charge in [-0.3, -0.25) is 9.88 Å². The van der Waals surface area contributed by atoms with E-state index in [4.69, 9.17) is 20.2 Å². The van der Waals surface area contributed by atoms with E-state index in [0.29, 0.717) is 6.04 Å². The first kappa shape index (κ1) is 17.3. The number of benzene rings is 1. The monoisotopic (exact) mass is 353 g/mol. The molecule has 0 amide bonds. The Morgan fingerprint density at radius 2 is 1.92 bits per heavy atom. The molecule has 0 radical (unpaired) electrons. The average molecular weight is 353 g/mol. The number of hydrogen-bond donors (Lipinski definition) is 1. The largest absolute Gasteiger partial charge is 0.493 e. The molecule has 0 aliphatic carbocycles. The van der Waals surface area contributed by atoms with Gasteiger partial charge in [-0.1, -0.05) is 6.07 Å². The number of rotatable bonds is 3. The van der Waals surface area contributed by atoms with Crippen LogP contribution in [0.3, 0.4) is 0 Å². The molecule has 1 aromatic heterocycles. The Balaban J connectivity index is 1.64. The number of ether oxygens (including phenoxy) is 2. The lowest BCUT2D eigenvalue weighted by molar-refractivity contribution is 0.108. The highest BCUT2D eigenvalue weighted by molar-refractivity contribution is 5.49. The van der Waals surface area contributed by atoms with Gasteiger partial charge in [0.2, 0.25) is 0 Å². The zero-order valence-electron chi connectivity index (χ0n) is 15.7. The zero-order valence-corrected chi connectivity index (χ0v) is 15.7. The van der Waals surface area contributed by atoms with Gasteiger partial charge in [-0.15, -0.1) is 0 Å². The predicted molar refractivity (Wildman–Crippen MR) is 102 cm³/mol. The highest BCUT2D eigenvalue weighted by Crippen LogP contribution is 2.43. The number of piperidine rings is 1. The second-order valence-corrected chi connectivity index (χ2v) is 7.38. The molecule has 2 aromatic rings. The van der Waals surface area contributed by atoms with E-state index >= 15 is 0 Å². The minimum absolute atomic E-state index is 0.101. The van der Waals surface area contributed by atoms with Gasteiger partial charge in [-0.25, -0.2) is 0 Å². The van der Waals surface area contributed by atoms with Crippen molar-refractivity contribution in [2.45, 2.75) is 37.8 Å². The minimum Gasteiger partial charge on any atom is -0.493 e. The van der Waals surface area contributed by atoms with Crippen molar-refractivity contribution in [3.63, 3.8) is 0 Å². The molecule has 1 aromatic carbocycles. The molecule has 0 saturated carbocycles. The number of fused-ring (bicyclic) bond motifs is 3. The summed E-state index contributed by atoms with van der Waals surface area (Å²) in [5.41, 5.74) is 11.5. The molecule has 26 heavy (non-hydrogen) atoms. The quantitative estimate of drug-likeness (QED) is 0.919. The van der Waals surface area contributed by atoms with Crippen LogP contribution in [0.25, 0.3) is 0 Å². The molecule has 4 rings (SSSR count). The third-order valence-corrected chi connectivity index (χ3v) is 5.85. The molecule has 1 fully saturated rings. The van der Waals surface area contributed by atoms with Gasteiger partial charge in [-0.2, -0.15) is 0 Å². The molecule has 3 heterocycles. The van der Waals surface area contributed by atoms with E-state index in [2.05, 4.69) is 29.2 Å². The van der Waals surface area contributed by atoms with E-state index in [-0.39, 0.29) is 12.0 Å². The van der Waals surface area contributed by atoms with Crippen LogP contribution in [0.1, 0.15) is 40.9 Å². The summed E-state index contributed by atoms with van der Waals surface area (Å²) in [5, 5.41) is 0. The van der Waals surface area contributed by atoms with Crippen molar-refractivity contribution in [2.75, 3.05) is 27.3 Å². The van der Waals surface area contributed by atoms with Gasteiger partial charge in [0.25, 0.3) is 0 Å². The van der Waals surface area contributed by atoms with Crippen LogP contribution in [0.2, 0.25) is 0 Å². The Hall–Kier alpha value is -2.11. The lowest BCUT2D eigenvalue weighted by atomic mass is 9.79. The van der Waals surface area contributed by atoms with Crippen molar-refractivity contribution in [1.29, 1.82) is 0 Å². The van der Waals surface area contributed by atoms with E-state index < -0.39 is 0 Å². The van der Waals surface area contributed by atoms with Crippen LogP contribution in [0, 0.1) is 6.92 Å². The number of methoxy groups -OCH3 is 2. The summed E-state index contributed by atoms with van der Waals surface area (Å²) in [6.45, 7) is 4.04. The Labute approximate surface area is 155 Å². The summed E-state index contributed by atoms with van der Waals surface area (Å²) < 4.78 is 11.0. The fourth-order valence-electron chi connectivity index (χ4n) is 4.47. The lowest BCUT2D eigenvalue weighted by Crippen LogP contribution is -2.50. The molecule has 1 saturated heterocycles. The number of aromatic nitrogens is 1. The Morgan fingerprint density at radius 1 is 1.15 bits per heavy atom. The van der Waals surface area contributed by atoms with Gasteiger partial charge in [0.15, 0.2) is 11.5 Å². The van der Waals surface area contributed by atoms with Crippen molar-refractivity contribution < 1.29 is 9.47 Å². The number of pyridine rings is 1. The Kier molecular flexibility index (Phi) is 4.59. The molecular formula is C21H27N3O2. The first-order valence-corrected chi connectivity index (χ1v) is 9.28. The van der Waals surface area contributed by atoms with Gasteiger partial charge in [0, 0.05) is 42.5 Å². The second kappa shape index (κ2) is 6.89. The summed E-state index contributed by atoms with van der Waals surface area (Å²) in [5.74, 6) is 1.89. The molecular weight excluding hydrogens is 326 g/mol. The molecule has 0 bridgehead atoms. The fraction of sp³-hybridized carbons (Fsp3) is 0.476. The van der Waals surface area contributed by atoms with E-state index in [0.717, 1.165) is 48.8 Å². The normalized spacial score (nSPS) is 25.3. The van der Waals surface area contributed by atoms with Gasteiger partial charge < -0.3 is 15.2 Å². The van der Waals surface area contributed by atoms with Gasteiger partial charge in [-0.05, 0) is 55.2 Å². The van der Waals surface area contributed by atoms with Crippen LogP contribution < -0.4 is 15.2 Å². The lowest BCUT2D eigenvalue weighted by Gasteiger charge is -2.46. The van der Waals surface area contributed by atoms with E-state index in [1.807, 2.05) is 13.0 Å². The third kappa shape index (κ3) is 2.95. The van der Waals surface area contributed by atoms with Crippen LogP contribution in [0.4, 0.5) is 0 Å². The highest BCUT2D eigenvalue weighted by atomic mass is 16.5. The maximum atomic E-state index is 6.63. The number of nitrogens with two attached hydrogens (primary N) is 1.